The second-order valence-electron chi connectivity index (χ2n) is 6.58. The van der Waals surface area contributed by atoms with Gasteiger partial charge in [0.2, 0.25) is 11.7 Å². The van der Waals surface area contributed by atoms with E-state index in [1.807, 2.05) is 36.6 Å². The summed E-state index contributed by atoms with van der Waals surface area (Å²) >= 11 is 1.52. The molecule has 0 amide bonds. The lowest BCUT2D eigenvalue weighted by atomic mass is 10.1. The number of thiophene rings is 1. The summed E-state index contributed by atoms with van der Waals surface area (Å²) in [5.74, 6) is 1.20. The number of hydrogen-bond donors (Lipinski definition) is 1. The second-order valence-corrected chi connectivity index (χ2v) is 9.18. The van der Waals surface area contributed by atoms with E-state index < -0.39 is 10.0 Å². The normalized spacial score (nSPS) is 11.4. The average Bonchev–Trinajstić information content (AvgIpc) is 3.41. The van der Waals surface area contributed by atoms with Gasteiger partial charge in [0.1, 0.15) is 10.6 Å². The van der Waals surface area contributed by atoms with E-state index in [1.165, 1.54) is 18.4 Å². The molecule has 0 saturated heterocycles. The van der Waals surface area contributed by atoms with Crippen molar-refractivity contribution < 1.29 is 17.7 Å². The zero-order valence-corrected chi connectivity index (χ0v) is 18.0. The molecule has 0 saturated carbocycles. The summed E-state index contributed by atoms with van der Waals surface area (Å²) in [5, 5.41) is 5.95. The van der Waals surface area contributed by atoms with Crippen molar-refractivity contribution in [2.24, 2.45) is 0 Å². The highest BCUT2D eigenvalue weighted by molar-refractivity contribution is 7.92. The van der Waals surface area contributed by atoms with E-state index in [4.69, 9.17) is 9.26 Å². The number of nitrogens with zero attached hydrogens (tertiary/aromatic N) is 2. The summed E-state index contributed by atoms with van der Waals surface area (Å²) in [7, 11) is -2.42. The highest BCUT2D eigenvalue weighted by Crippen LogP contribution is 2.29. The summed E-state index contributed by atoms with van der Waals surface area (Å²) in [6.45, 7) is 1.83. The molecule has 0 unspecified atom stereocenters. The molecule has 30 heavy (non-hydrogen) atoms. The molecule has 2 aromatic heterocycles. The average molecular weight is 442 g/mol. The minimum Gasteiger partial charge on any atom is -0.495 e. The van der Waals surface area contributed by atoms with Gasteiger partial charge in [-0.25, -0.2) is 8.42 Å². The first kappa shape index (κ1) is 20.1. The van der Waals surface area contributed by atoms with Crippen molar-refractivity contribution in [3.8, 4) is 16.5 Å². The fourth-order valence-corrected chi connectivity index (χ4v) is 4.97. The summed E-state index contributed by atoms with van der Waals surface area (Å²) in [5.41, 5.74) is 1.97. The van der Waals surface area contributed by atoms with Crippen molar-refractivity contribution in [3.05, 3.63) is 77.0 Å². The molecule has 154 valence electrons. The molecule has 0 spiro atoms. The molecule has 1 N–H and O–H groups in total. The number of rotatable bonds is 7. The number of methoxy groups -OCH3 is 1. The third kappa shape index (κ3) is 4.22. The van der Waals surface area contributed by atoms with Gasteiger partial charge in [-0.3, -0.25) is 4.72 Å². The number of sulfonamides is 1. The third-order valence-corrected chi connectivity index (χ3v) is 6.67. The summed E-state index contributed by atoms with van der Waals surface area (Å²) in [4.78, 5) is 5.41. The first-order valence-corrected chi connectivity index (χ1v) is 11.4. The Morgan fingerprint density at radius 2 is 1.97 bits per heavy atom. The van der Waals surface area contributed by atoms with Crippen molar-refractivity contribution in [2.75, 3.05) is 11.8 Å². The number of hydrogen-bond acceptors (Lipinski definition) is 7. The van der Waals surface area contributed by atoms with Crippen molar-refractivity contribution >= 4 is 27.0 Å². The van der Waals surface area contributed by atoms with Gasteiger partial charge in [0, 0.05) is 0 Å². The second kappa shape index (κ2) is 8.29. The van der Waals surface area contributed by atoms with Crippen LogP contribution < -0.4 is 9.46 Å². The van der Waals surface area contributed by atoms with Crippen LogP contribution in [0.15, 0.2) is 69.4 Å². The van der Waals surface area contributed by atoms with Crippen LogP contribution in [-0.2, 0) is 16.4 Å². The van der Waals surface area contributed by atoms with E-state index in [2.05, 4.69) is 14.9 Å². The molecule has 0 aliphatic heterocycles. The van der Waals surface area contributed by atoms with E-state index in [1.54, 1.807) is 30.3 Å². The third-order valence-electron chi connectivity index (χ3n) is 4.42. The number of aromatic nitrogens is 2. The smallest absolute Gasteiger partial charge is 0.265 e. The van der Waals surface area contributed by atoms with Crippen molar-refractivity contribution in [1.29, 1.82) is 0 Å². The van der Waals surface area contributed by atoms with Crippen molar-refractivity contribution in [2.45, 2.75) is 18.2 Å². The lowest BCUT2D eigenvalue weighted by Crippen LogP contribution is -2.15. The first-order valence-electron chi connectivity index (χ1n) is 9.08. The van der Waals surface area contributed by atoms with Gasteiger partial charge < -0.3 is 9.26 Å². The van der Waals surface area contributed by atoms with E-state index in [0.29, 0.717) is 29.4 Å². The monoisotopic (exact) mass is 441 g/mol. The zero-order chi connectivity index (χ0) is 21.1. The molecular weight excluding hydrogens is 422 g/mol. The number of aryl methyl sites for hydroxylation is 1. The topological polar surface area (TPSA) is 94.3 Å². The van der Waals surface area contributed by atoms with Crippen LogP contribution in [0, 0.1) is 6.92 Å². The molecule has 0 atom stereocenters. The predicted octanol–water partition coefficient (Wildman–Crippen LogP) is 4.51. The maximum absolute atomic E-state index is 13.1. The highest BCUT2D eigenvalue weighted by Gasteiger charge is 2.21. The van der Waals surface area contributed by atoms with E-state index in [-0.39, 0.29) is 10.6 Å². The van der Waals surface area contributed by atoms with E-state index in [0.717, 1.165) is 10.4 Å². The van der Waals surface area contributed by atoms with Crippen molar-refractivity contribution in [3.63, 3.8) is 0 Å². The number of benzene rings is 2. The minimum atomic E-state index is -3.86. The molecule has 0 fully saturated rings. The first-order chi connectivity index (χ1) is 14.5. The Morgan fingerprint density at radius 1 is 1.13 bits per heavy atom. The van der Waals surface area contributed by atoms with Crippen LogP contribution in [0.3, 0.4) is 0 Å². The maximum atomic E-state index is 13.1. The quantitative estimate of drug-likeness (QED) is 0.454. The van der Waals surface area contributed by atoms with Crippen molar-refractivity contribution in [1.82, 2.24) is 10.1 Å². The van der Waals surface area contributed by atoms with Gasteiger partial charge in [0.15, 0.2) is 0 Å². The van der Waals surface area contributed by atoms with Crippen LogP contribution in [0.25, 0.3) is 10.7 Å². The molecule has 4 rings (SSSR count). The molecule has 4 aromatic rings. The van der Waals surface area contributed by atoms with Gasteiger partial charge >= 0.3 is 0 Å². The summed E-state index contributed by atoms with van der Waals surface area (Å²) in [6, 6.07) is 16.0. The SMILES string of the molecule is COc1ccc(C)cc1S(=O)(=O)Nc1ccccc1Cc1nc(-c2cccs2)no1. The Bertz CT molecular complexity index is 1270. The molecule has 7 nitrogen and oxygen atoms in total. The molecule has 0 aliphatic rings. The van der Waals surface area contributed by atoms with Gasteiger partial charge in [-0.2, -0.15) is 4.98 Å². The van der Waals surface area contributed by atoms with Gasteiger partial charge in [0.25, 0.3) is 10.0 Å². The Kier molecular flexibility index (Phi) is 5.56. The number of ether oxygens (including phenoxy) is 1. The Labute approximate surface area is 178 Å². The van der Waals surface area contributed by atoms with Crippen LogP contribution in [0.4, 0.5) is 5.69 Å². The van der Waals surface area contributed by atoms with Crippen LogP contribution in [0.5, 0.6) is 5.75 Å². The van der Waals surface area contributed by atoms with E-state index >= 15 is 0 Å². The standard InChI is InChI=1S/C21H19N3O4S2/c1-14-9-10-17(27-2)19(12-14)30(25,26)24-16-7-4-3-6-15(16)13-20-22-21(23-28-20)18-8-5-11-29-18/h3-12,24H,13H2,1-2H3. The molecule has 0 radical (unpaired) electrons. The predicted molar refractivity (Wildman–Crippen MR) is 115 cm³/mol. The minimum absolute atomic E-state index is 0.0811. The Morgan fingerprint density at radius 3 is 2.73 bits per heavy atom. The number of nitrogens with one attached hydrogen (secondary N) is 1. The molecule has 0 bridgehead atoms. The van der Waals surface area contributed by atoms with E-state index in [9.17, 15) is 8.42 Å². The van der Waals surface area contributed by atoms with Gasteiger partial charge in [-0.15, -0.1) is 11.3 Å². The Balaban J connectivity index is 1.62. The lowest BCUT2D eigenvalue weighted by molar-refractivity contribution is 0.386. The van der Waals surface area contributed by atoms with Gasteiger partial charge in [-0.1, -0.05) is 35.5 Å². The number of anilines is 1. The van der Waals surface area contributed by atoms with Crippen LogP contribution in [-0.4, -0.2) is 25.7 Å². The maximum Gasteiger partial charge on any atom is 0.265 e. The summed E-state index contributed by atoms with van der Waals surface area (Å²) in [6.07, 6.45) is 0.294. The van der Waals surface area contributed by atoms with Gasteiger partial charge in [0.05, 0.1) is 24.1 Å². The molecule has 2 heterocycles. The fraction of sp³-hybridized carbons (Fsp3) is 0.143. The number of para-hydroxylation sites is 1. The van der Waals surface area contributed by atoms with Crippen LogP contribution in [0.2, 0.25) is 0 Å². The van der Waals surface area contributed by atoms with Crippen LogP contribution >= 0.6 is 11.3 Å². The molecule has 0 aliphatic carbocycles. The molecular formula is C21H19N3O4S2. The fourth-order valence-electron chi connectivity index (χ4n) is 2.96. The highest BCUT2D eigenvalue weighted by atomic mass is 32.2. The lowest BCUT2D eigenvalue weighted by Gasteiger charge is -2.14. The largest absolute Gasteiger partial charge is 0.495 e. The van der Waals surface area contributed by atoms with Gasteiger partial charge in [-0.05, 0) is 47.7 Å². The van der Waals surface area contributed by atoms with Crippen LogP contribution in [0.1, 0.15) is 17.0 Å². The molecule has 2 aromatic carbocycles. The molecule has 9 heteroatoms. The summed E-state index contributed by atoms with van der Waals surface area (Å²) < 4.78 is 39.4. The zero-order valence-electron chi connectivity index (χ0n) is 16.3. The Hall–Kier alpha value is -3.17.